The van der Waals surface area contributed by atoms with Crippen LogP contribution in [0.3, 0.4) is 0 Å². The van der Waals surface area contributed by atoms with E-state index in [0.29, 0.717) is 26.3 Å². The quantitative estimate of drug-likeness (QED) is 0.460. The SMILES string of the molecule is [2H]/C(=C(/C([2H])([2H])[2H])C([2H])([2H])C([2H])([2H])C(=O)OCCN1CCOCC1)C([2H])([2H])c1c(O)c2c(c(C)c1OC)COC2=O. The van der Waals surface area contributed by atoms with Crippen LogP contribution in [0.4, 0.5) is 0 Å². The van der Waals surface area contributed by atoms with Crippen molar-refractivity contribution >= 4 is 11.9 Å². The third kappa shape index (κ3) is 5.57. The van der Waals surface area contributed by atoms with Gasteiger partial charge in [-0.15, -0.1) is 0 Å². The summed E-state index contributed by atoms with van der Waals surface area (Å²) in [5.74, 6) is -4.11. The molecule has 2 heterocycles. The number of carbonyl (C=O) groups is 2. The fourth-order valence-electron chi connectivity index (χ4n) is 3.27. The Morgan fingerprint density at radius 2 is 2.16 bits per heavy atom. The van der Waals surface area contributed by atoms with E-state index in [0.717, 1.165) is 7.11 Å². The van der Waals surface area contributed by atoms with E-state index in [1.165, 1.54) is 6.92 Å². The zero-order chi connectivity index (χ0) is 31.1. The Morgan fingerprint density at radius 1 is 1.39 bits per heavy atom. The summed E-state index contributed by atoms with van der Waals surface area (Å²) in [7, 11) is 1.11. The molecule has 3 rings (SSSR count). The van der Waals surface area contributed by atoms with Crippen LogP contribution in [0.15, 0.2) is 11.6 Å². The molecular formula is C23H31NO7. The summed E-state index contributed by atoms with van der Waals surface area (Å²) in [6, 6.07) is -1.60. The number of cyclic esters (lactones) is 1. The minimum atomic E-state index is -3.80. The number of allylic oxidation sites excluding steroid dienone is 2. The van der Waals surface area contributed by atoms with Crippen LogP contribution < -0.4 is 4.74 Å². The number of carbonyl (C=O) groups excluding carboxylic acids is 2. The van der Waals surface area contributed by atoms with Gasteiger partial charge in [-0.3, -0.25) is 9.69 Å². The van der Waals surface area contributed by atoms with Crippen molar-refractivity contribution in [2.24, 2.45) is 0 Å². The van der Waals surface area contributed by atoms with Gasteiger partial charge in [0.05, 0.1) is 21.7 Å². The van der Waals surface area contributed by atoms with E-state index in [4.69, 9.17) is 32.7 Å². The normalized spacial score (nSPS) is 23.6. The van der Waals surface area contributed by atoms with Crippen molar-refractivity contribution in [3.8, 4) is 11.5 Å². The molecule has 1 aromatic carbocycles. The van der Waals surface area contributed by atoms with Gasteiger partial charge in [0.2, 0.25) is 0 Å². The van der Waals surface area contributed by atoms with Gasteiger partial charge in [0, 0.05) is 49.5 Å². The second-order valence-corrected chi connectivity index (χ2v) is 6.78. The van der Waals surface area contributed by atoms with Gasteiger partial charge < -0.3 is 24.1 Å². The van der Waals surface area contributed by atoms with Crippen LogP contribution in [0.5, 0.6) is 11.5 Å². The van der Waals surface area contributed by atoms with Crippen molar-refractivity contribution in [1.82, 2.24) is 4.90 Å². The summed E-state index contributed by atoms with van der Waals surface area (Å²) in [6.45, 7) is -0.673. The molecule has 0 amide bonds. The number of aromatic hydroxyl groups is 1. The Bertz CT molecular complexity index is 1240. The third-order valence-corrected chi connectivity index (χ3v) is 4.90. The molecule has 0 aromatic heterocycles. The Balaban J connectivity index is 2.09. The molecule has 2 aliphatic heterocycles. The van der Waals surface area contributed by atoms with E-state index in [1.54, 1.807) is 0 Å². The summed E-state index contributed by atoms with van der Waals surface area (Å²) in [4.78, 5) is 26.9. The van der Waals surface area contributed by atoms with Gasteiger partial charge in [0.25, 0.3) is 0 Å². The summed E-state index contributed by atoms with van der Waals surface area (Å²) in [5, 5.41) is 10.9. The molecule has 8 nitrogen and oxygen atoms in total. The van der Waals surface area contributed by atoms with E-state index in [1.807, 2.05) is 4.90 Å². The standard InChI is InChI=1S/C23H31NO7/c1-15(5-7-19(25)30-13-10-24-8-11-29-12-9-24)4-6-17-21(26)20-18(14-31-23(20)27)16(2)22(17)28-3/h4,26H,5-14H2,1-3H3/b15-4+/i1D3,4D,5D2,6D2,7D2. The lowest BCUT2D eigenvalue weighted by Gasteiger charge is -2.26. The first-order valence-corrected chi connectivity index (χ1v) is 9.61. The van der Waals surface area contributed by atoms with Crippen molar-refractivity contribution in [3.63, 3.8) is 0 Å². The highest BCUT2D eigenvalue weighted by Gasteiger charge is 2.31. The summed E-state index contributed by atoms with van der Waals surface area (Å²) in [5.41, 5.74) is -2.62. The molecule has 2 aliphatic rings. The molecule has 0 aliphatic carbocycles. The highest BCUT2D eigenvalue weighted by molar-refractivity contribution is 5.98. The van der Waals surface area contributed by atoms with Gasteiger partial charge in [-0.25, -0.2) is 4.79 Å². The fraction of sp³-hybridized carbons (Fsp3) is 0.565. The second kappa shape index (κ2) is 10.6. The van der Waals surface area contributed by atoms with E-state index < -0.39 is 66.4 Å². The third-order valence-electron chi connectivity index (χ3n) is 4.90. The van der Waals surface area contributed by atoms with E-state index in [-0.39, 0.29) is 36.6 Å². The number of benzene rings is 1. The van der Waals surface area contributed by atoms with Gasteiger partial charge in [0.15, 0.2) is 0 Å². The number of esters is 2. The first-order chi connectivity index (χ1) is 18.8. The zero-order valence-corrected chi connectivity index (χ0v) is 17.3. The van der Waals surface area contributed by atoms with Crippen LogP contribution >= 0.6 is 0 Å². The molecule has 31 heavy (non-hydrogen) atoms. The Hall–Kier alpha value is -2.58. The van der Waals surface area contributed by atoms with Crippen molar-refractivity contribution in [1.29, 1.82) is 0 Å². The van der Waals surface area contributed by atoms with Crippen LogP contribution in [-0.2, 0) is 32.0 Å². The van der Waals surface area contributed by atoms with Gasteiger partial charge in [-0.05, 0) is 32.1 Å². The summed E-state index contributed by atoms with van der Waals surface area (Å²) < 4.78 is 103. The minimum absolute atomic E-state index is 0.149. The second-order valence-electron chi connectivity index (χ2n) is 6.78. The number of methoxy groups -OCH3 is 1. The number of hydrogen-bond donors (Lipinski definition) is 1. The number of fused-ring (bicyclic) bond motifs is 1. The lowest BCUT2D eigenvalue weighted by molar-refractivity contribution is -0.144. The number of nitrogens with zero attached hydrogens (tertiary/aromatic N) is 1. The first-order valence-electron chi connectivity index (χ1n) is 14.6. The molecule has 1 saturated heterocycles. The lowest BCUT2D eigenvalue weighted by Crippen LogP contribution is -2.38. The number of rotatable bonds is 9. The number of ether oxygens (including phenoxy) is 4. The molecule has 0 bridgehead atoms. The molecule has 1 N–H and O–H groups in total. The molecule has 0 saturated carbocycles. The molecule has 0 radical (unpaired) electrons. The average Bonchev–Trinajstić information content (AvgIpc) is 3.27. The molecule has 0 atom stereocenters. The van der Waals surface area contributed by atoms with Gasteiger partial charge >= 0.3 is 11.9 Å². The monoisotopic (exact) mass is 443 g/mol. The van der Waals surface area contributed by atoms with Crippen LogP contribution in [0, 0.1) is 6.92 Å². The van der Waals surface area contributed by atoms with E-state index in [9.17, 15) is 14.7 Å². The maximum absolute atomic E-state index is 12.7. The predicted octanol–water partition coefficient (Wildman–Crippen LogP) is 2.52. The van der Waals surface area contributed by atoms with Crippen LogP contribution in [0.2, 0.25) is 0 Å². The smallest absolute Gasteiger partial charge is 0.342 e. The number of morpholine rings is 1. The Kier molecular flexibility index (Phi) is 4.49. The van der Waals surface area contributed by atoms with Gasteiger partial charge in [-0.1, -0.05) is 11.6 Å². The van der Waals surface area contributed by atoms with E-state index >= 15 is 0 Å². The molecule has 170 valence electrons. The maximum atomic E-state index is 12.7. The Labute approximate surface area is 196 Å². The molecule has 1 aromatic rings. The largest absolute Gasteiger partial charge is 0.507 e. The van der Waals surface area contributed by atoms with Crippen LogP contribution in [-0.4, -0.2) is 68.5 Å². The fourth-order valence-corrected chi connectivity index (χ4v) is 3.27. The van der Waals surface area contributed by atoms with Crippen molar-refractivity contribution < 1.29 is 47.4 Å². The van der Waals surface area contributed by atoms with Crippen molar-refractivity contribution in [2.75, 3.05) is 46.6 Å². The minimum Gasteiger partial charge on any atom is -0.507 e. The zero-order valence-electron chi connectivity index (χ0n) is 27.3. The van der Waals surface area contributed by atoms with Crippen LogP contribution in [0.1, 0.15) is 60.4 Å². The molecule has 8 heteroatoms. The highest BCUT2D eigenvalue weighted by Crippen LogP contribution is 2.42. The van der Waals surface area contributed by atoms with Crippen LogP contribution in [0.25, 0.3) is 0 Å². The highest BCUT2D eigenvalue weighted by atomic mass is 16.5. The molecule has 0 spiro atoms. The first kappa shape index (κ1) is 13.1. The van der Waals surface area contributed by atoms with Gasteiger partial charge in [0.1, 0.15) is 30.3 Å². The number of hydrogen-bond acceptors (Lipinski definition) is 8. The van der Waals surface area contributed by atoms with E-state index in [2.05, 4.69) is 0 Å². The molecule has 0 unspecified atom stereocenters. The Morgan fingerprint density at radius 3 is 2.87 bits per heavy atom. The average molecular weight is 444 g/mol. The molecule has 1 fully saturated rings. The topological polar surface area (TPSA) is 94.5 Å². The number of phenolic OH excluding ortho intramolecular Hbond substituents is 1. The molecular weight excluding hydrogens is 402 g/mol. The van der Waals surface area contributed by atoms with Gasteiger partial charge in [-0.2, -0.15) is 0 Å². The van der Waals surface area contributed by atoms with Crippen molar-refractivity contribution in [2.45, 2.75) is 39.5 Å². The summed E-state index contributed by atoms with van der Waals surface area (Å²) in [6.07, 6.45) is -10.9. The van der Waals surface area contributed by atoms with Crippen molar-refractivity contribution in [3.05, 3.63) is 33.9 Å². The predicted molar refractivity (Wildman–Crippen MR) is 113 cm³/mol. The number of phenols is 1. The lowest BCUT2D eigenvalue weighted by atomic mass is 9.94. The maximum Gasteiger partial charge on any atom is 0.342 e. The summed E-state index contributed by atoms with van der Waals surface area (Å²) >= 11 is 0.